The molecule has 0 spiro atoms. The Labute approximate surface area is 122 Å². The van der Waals surface area contributed by atoms with Gasteiger partial charge in [0.2, 0.25) is 0 Å². The summed E-state index contributed by atoms with van der Waals surface area (Å²) in [6.07, 6.45) is 1.54. The second-order valence-corrected chi connectivity index (χ2v) is 4.82. The number of rotatable bonds is 4. The fourth-order valence-corrected chi connectivity index (χ4v) is 2.05. The zero-order valence-electron chi connectivity index (χ0n) is 12.8. The SMILES string of the molecule is CCCC(=O)c1ccc(N2CCOCC2)cc1.CNC. The molecule has 0 atom stereocenters. The molecule has 0 amide bonds. The molecule has 0 unspecified atom stereocenters. The highest BCUT2D eigenvalue weighted by Gasteiger charge is 2.11. The molecule has 1 aliphatic rings. The highest BCUT2D eigenvalue weighted by molar-refractivity contribution is 5.96. The minimum Gasteiger partial charge on any atom is -0.378 e. The molecule has 0 aromatic heterocycles. The van der Waals surface area contributed by atoms with Gasteiger partial charge in [0.25, 0.3) is 0 Å². The third-order valence-corrected chi connectivity index (χ3v) is 3.04. The Kier molecular flexibility index (Phi) is 7.92. The molecule has 0 saturated carbocycles. The summed E-state index contributed by atoms with van der Waals surface area (Å²) >= 11 is 0. The topological polar surface area (TPSA) is 41.6 Å². The van der Waals surface area contributed by atoms with E-state index in [1.165, 1.54) is 5.69 Å². The van der Waals surface area contributed by atoms with E-state index in [1.54, 1.807) is 0 Å². The largest absolute Gasteiger partial charge is 0.378 e. The Bertz CT molecular complexity index is 384. The van der Waals surface area contributed by atoms with Gasteiger partial charge in [0.05, 0.1) is 13.2 Å². The van der Waals surface area contributed by atoms with Gasteiger partial charge in [-0.2, -0.15) is 0 Å². The van der Waals surface area contributed by atoms with E-state index in [1.807, 2.05) is 45.3 Å². The fourth-order valence-electron chi connectivity index (χ4n) is 2.05. The van der Waals surface area contributed by atoms with Crippen LogP contribution in [0.25, 0.3) is 0 Å². The van der Waals surface area contributed by atoms with Crippen LogP contribution >= 0.6 is 0 Å². The second-order valence-electron chi connectivity index (χ2n) is 4.82. The predicted octanol–water partition coefficient (Wildman–Crippen LogP) is 2.34. The number of ether oxygens (including phenoxy) is 1. The standard InChI is InChI=1S/C14H19NO2.C2H7N/c1-2-3-14(16)12-4-6-13(7-5-12)15-8-10-17-11-9-15;1-3-2/h4-7H,2-3,8-11H2,1H3;3H,1-2H3. The first-order valence-corrected chi connectivity index (χ1v) is 7.27. The monoisotopic (exact) mass is 278 g/mol. The number of morpholine rings is 1. The van der Waals surface area contributed by atoms with Crippen LogP contribution in [0.15, 0.2) is 24.3 Å². The highest BCUT2D eigenvalue weighted by Crippen LogP contribution is 2.17. The number of benzene rings is 1. The van der Waals surface area contributed by atoms with Crippen molar-refractivity contribution < 1.29 is 9.53 Å². The molecule has 1 N–H and O–H groups in total. The van der Waals surface area contributed by atoms with Crippen LogP contribution in [-0.2, 0) is 4.74 Å². The maximum atomic E-state index is 11.7. The van der Waals surface area contributed by atoms with E-state index in [2.05, 4.69) is 10.2 Å². The van der Waals surface area contributed by atoms with Gasteiger partial charge in [-0.05, 0) is 44.8 Å². The number of hydrogen-bond donors (Lipinski definition) is 1. The lowest BCUT2D eigenvalue weighted by atomic mass is 10.1. The first-order chi connectivity index (χ1) is 9.72. The van der Waals surface area contributed by atoms with Crippen LogP contribution in [0.2, 0.25) is 0 Å². The van der Waals surface area contributed by atoms with Gasteiger partial charge in [-0.1, -0.05) is 6.92 Å². The third-order valence-electron chi connectivity index (χ3n) is 3.04. The summed E-state index contributed by atoms with van der Waals surface area (Å²) < 4.78 is 5.32. The van der Waals surface area contributed by atoms with E-state index in [0.717, 1.165) is 38.3 Å². The molecular weight excluding hydrogens is 252 g/mol. The number of nitrogens with zero attached hydrogens (tertiary/aromatic N) is 1. The Morgan fingerprint density at radius 2 is 1.75 bits per heavy atom. The van der Waals surface area contributed by atoms with Gasteiger partial charge in [-0.15, -0.1) is 0 Å². The molecule has 4 nitrogen and oxygen atoms in total. The molecule has 4 heteroatoms. The fraction of sp³-hybridized carbons (Fsp3) is 0.562. The average Bonchev–Trinajstić information content (AvgIpc) is 2.49. The maximum absolute atomic E-state index is 11.7. The van der Waals surface area contributed by atoms with Crippen LogP contribution in [0.4, 0.5) is 5.69 Å². The molecule has 1 heterocycles. The van der Waals surface area contributed by atoms with Crippen molar-refractivity contribution in [2.75, 3.05) is 45.3 Å². The summed E-state index contributed by atoms with van der Waals surface area (Å²) in [6, 6.07) is 7.94. The summed E-state index contributed by atoms with van der Waals surface area (Å²) in [6.45, 7) is 5.47. The van der Waals surface area contributed by atoms with Gasteiger partial charge in [-0.25, -0.2) is 0 Å². The summed E-state index contributed by atoms with van der Waals surface area (Å²) in [7, 11) is 3.75. The molecule has 1 aromatic rings. The number of ketones is 1. The van der Waals surface area contributed by atoms with Gasteiger partial charge >= 0.3 is 0 Å². The molecule has 1 aliphatic heterocycles. The minimum absolute atomic E-state index is 0.237. The van der Waals surface area contributed by atoms with Crippen LogP contribution in [-0.4, -0.2) is 46.2 Å². The Balaban J connectivity index is 0.000000612. The zero-order valence-corrected chi connectivity index (χ0v) is 12.8. The van der Waals surface area contributed by atoms with Crippen molar-refractivity contribution in [3.8, 4) is 0 Å². The molecule has 2 rings (SSSR count). The van der Waals surface area contributed by atoms with E-state index in [-0.39, 0.29) is 5.78 Å². The highest BCUT2D eigenvalue weighted by atomic mass is 16.5. The summed E-state index contributed by atoms with van der Waals surface area (Å²) in [5.41, 5.74) is 2.00. The van der Waals surface area contributed by atoms with Crippen LogP contribution in [0, 0.1) is 0 Å². The van der Waals surface area contributed by atoms with E-state index >= 15 is 0 Å². The van der Waals surface area contributed by atoms with Crippen molar-refractivity contribution in [2.45, 2.75) is 19.8 Å². The number of anilines is 1. The summed E-state index contributed by atoms with van der Waals surface area (Å²) in [5, 5.41) is 2.75. The Hall–Kier alpha value is -1.39. The molecule has 20 heavy (non-hydrogen) atoms. The van der Waals surface area contributed by atoms with Crippen molar-refractivity contribution >= 4 is 11.5 Å². The molecule has 112 valence electrons. The first-order valence-electron chi connectivity index (χ1n) is 7.27. The normalized spacial score (nSPS) is 14.4. The molecule has 0 bridgehead atoms. The average molecular weight is 278 g/mol. The van der Waals surface area contributed by atoms with Crippen LogP contribution in [0.3, 0.4) is 0 Å². The third kappa shape index (κ3) is 5.31. The number of Topliss-reactive ketones (excluding diaryl/α,β-unsaturated/α-hetero) is 1. The molecule has 0 aliphatic carbocycles. The van der Waals surface area contributed by atoms with Crippen molar-refractivity contribution in [3.63, 3.8) is 0 Å². The molecule has 1 fully saturated rings. The molecule has 1 saturated heterocycles. The predicted molar refractivity (Wildman–Crippen MR) is 83.7 cm³/mol. The lowest BCUT2D eigenvalue weighted by molar-refractivity contribution is 0.0981. The van der Waals surface area contributed by atoms with E-state index in [9.17, 15) is 4.79 Å². The van der Waals surface area contributed by atoms with Crippen LogP contribution < -0.4 is 10.2 Å². The number of carbonyl (C=O) groups excluding carboxylic acids is 1. The molecule has 1 aromatic carbocycles. The van der Waals surface area contributed by atoms with E-state index < -0.39 is 0 Å². The Morgan fingerprint density at radius 3 is 2.25 bits per heavy atom. The maximum Gasteiger partial charge on any atom is 0.162 e. The quantitative estimate of drug-likeness (QED) is 0.858. The first kappa shape index (κ1) is 16.7. The lowest BCUT2D eigenvalue weighted by Gasteiger charge is -2.28. The van der Waals surface area contributed by atoms with Gasteiger partial charge in [-0.3, -0.25) is 4.79 Å². The number of nitrogens with one attached hydrogen (secondary N) is 1. The van der Waals surface area contributed by atoms with Crippen LogP contribution in [0.1, 0.15) is 30.1 Å². The van der Waals surface area contributed by atoms with Crippen molar-refractivity contribution in [1.82, 2.24) is 5.32 Å². The van der Waals surface area contributed by atoms with E-state index in [4.69, 9.17) is 4.74 Å². The van der Waals surface area contributed by atoms with Gasteiger partial charge < -0.3 is 15.0 Å². The van der Waals surface area contributed by atoms with Crippen molar-refractivity contribution in [1.29, 1.82) is 0 Å². The smallest absolute Gasteiger partial charge is 0.162 e. The van der Waals surface area contributed by atoms with Gasteiger partial charge in [0.1, 0.15) is 0 Å². The molecule has 0 radical (unpaired) electrons. The van der Waals surface area contributed by atoms with Gasteiger partial charge in [0.15, 0.2) is 5.78 Å². The minimum atomic E-state index is 0.237. The van der Waals surface area contributed by atoms with Crippen molar-refractivity contribution in [3.05, 3.63) is 29.8 Å². The summed E-state index contributed by atoms with van der Waals surface area (Å²) in [4.78, 5) is 14.0. The van der Waals surface area contributed by atoms with Gasteiger partial charge in [0, 0.05) is 30.8 Å². The number of hydrogen-bond acceptors (Lipinski definition) is 4. The molecular formula is C16H26N2O2. The summed E-state index contributed by atoms with van der Waals surface area (Å²) in [5.74, 6) is 0.237. The van der Waals surface area contributed by atoms with Crippen molar-refractivity contribution in [2.24, 2.45) is 0 Å². The van der Waals surface area contributed by atoms with Crippen LogP contribution in [0.5, 0.6) is 0 Å². The Morgan fingerprint density at radius 1 is 1.20 bits per heavy atom. The second kappa shape index (κ2) is 9.50. The van der Waals surface area contributed by atoms with E-state index in [0.29, 0.717) is 6.42 Å². The zero-order chi connectivity index (χ0) is 14.8. The number of carbonyl (C=O) groups is 1. The lowest BCUT2D eigenvalue weighted by Crippen LogP contribution is -2.36.